The number of thiophene rings is 2. The first-order valence-corrected chi connectivity index (χ1v) is 25.6. The van der Waals surface area contributed by atoms with Crippen molar-refractivity contribution >= 4 is 57.0 Å². The molecule has 2 aromatic rings. The van der Waals surface area contributed by atoms with Gasteiger partial charge in [-0.15, -0.1) is 22.7 Å². The molecule has 0 spiro atoms. The first kappa shape index (κ1) is 50.2. The van der Waals surface area contributed by atoms with Crippen LogP contribution in [0.2, 0.25) is 0 Å². The molecule has 2 amide bonds. The van der Waals surface area contributed by atoms with Gasteiger partial charge in [-0.2, -0.15) is 21.0 Å². The number of carbonyl (C=O) groups is 2. The summed E-state index contributed by atoms with van der Waals surface area (Å²) < 4.78 is 2.41. The summed E-state index contributed by atoms with van der Waals surface area (Å²) >= 11 is 2.57. The van der Waals surface area contributed by atoms with Gasteiger partial charge in [0.1, 0.15) is 35.4 Å². The molecule has 10 heteroatoms. The van der Waals surface area contributed by atoms with Crippen molar-refractivity contribution in [2.24, 2.45) is 11.8 Å². The molecule has 2 aliphatic rings. The van der Waals surface area contributed by atoms with Crippen LogP contribution < -0.4 is 18.1 Å². The van der Waals surface area contributed by atoms with Crippen LogP contribution >= 0.6 is 22.7 Å². The van der Waals surface area contributed by atoms with Crippen molar-refractivity contribution in [3.05, 3.63) is 53.5 Å². The zero-order valence-electron chi connectivity index (χ0n) is 38.2. The Kier molecular flexibility index (Phi) is 22.3. The molecule has 0 radical (unpaired) electrons. The topological polar surface area (TPSA) is 136 Å². The molecular formula is C52H70N6O2S2. The van der Waals surface area contributed by atoms with Crippen LogP contribution in [0.1, 0.15) is 182 Å². The Balaban J connectivity index is 1.89. The van der Waals surface area contributed by atoms with E-state index in [0.717, 1.165) is 89.9 Å². The third-order valence-electron chi connectivity index (χ3n) is 12.5. The van der Waals surface area contributed by atoms with E-state index in [4.69, 9.17) is 0 Å². The van der Waals surface area contributed by atoms with Crippen LogP contribution in [-0.4, -0.2) is 34.7 Å². The lowest BCUT2D eigenvalue weighted by Gasteiger charge is -2.31. The molecule has 332 valence electrons. The summed E-state index contributed by atoms with van der Waals surface area (Å²) in [5.74, 6) is 0.0930. The fraction of sp³-hybridized carbons (Fsp3) is 0.615. The number of hydrogen-bond donors (Lipinski definition) is 0. The van der Waals surface area contributed by atoms with Gasteiger partial charge in [0, 0.05) is 13.1 Å². The van der Waals surface area contributed by atoms with Gasteiger partial charge in [0.05, 0.1) is 40.7 Å². The highest BCUT2D eigenvalue weighted by Gasteiger charge is 2.50. The molecule has 4 heterocycles. The molecular weight excluding hydrogens is 805 g/mol. The lowest BCUT2D eigenvalue weighted by atomic mass is 9.93. The summed E-state index contributed by atoms with van der Waals surface area (Å²) in [6.07, 6.45) is 27.4. The zero-order valence-corrected chi connectivity index (χ0v) is 39.8. The van der Waals surface area contributed by atoms with Crippen LogP contribution in [0.3, 0.4) is 0 Å². The summed E-state index contributed by atoms with van der Waals surface area (Å²) in [6, 6.07) is 15.3. The Hall–Kier alpha value is -4.48. The van der Waals surface area contributed by atoms with Crippen molar-refractivity contribution in [2.45, 2.75) is 182 Å². The summed E-state index contributed by atoms with van der Waals surface area (Å²) in [7, 11) is 0. The molecule has 0 saturated carbocycles. The monoisotopic (exact) mass is 875 g/mol. The Morgan fingerprint density at radius 2 is 0.758 bits per heavy atom. The smallest absolute Gasteiger partial charge is 0.261 e. The highest BCUT2D eigenvalue weighted by molar-refractivity contribution is 7.08. The maximum atomic E-state index is 15.4. The second-order valence-electron chi connectivity index (χ2n) is 17.3. The fourth-order valence-corrected chi connectivity index (χ4v) is 11.1. The van der Waals surface area contributed by atoms with Gasteiger partial charge in [0.2, 0.25) is 0 Å². The molecule has 0 aromatic carbocycles. The number of carbonyl (C=O) groups excluding carboxylic acids is 2. The van der Waals surface area contributed by atoms with Crippen molar-refractivity contribution < 1.29 is 9.59 Å². The standard InChI is InChI=1S/C52H70N6O2S2/c1-5-9-13-17-19-23-27-39(25-21-15-11-7-3)37-57-49(45-31-29-43(61-45)41(33-53)34-54)47-48(51(57)59)50(46-32-30-44(62-46)42(35-55)36-56)58(52(47)60)38-40(26-22-16-12-8-4)28-24-20-18-14-10-6-2/h29-32,39-40H,5-28,37-38H2,1-4H3/b49-45+,50-46+. The minimum atomic E-state index is -0.197. The zero-order chi connectivity index (χ0) is 44.7. The maximum Gasteiger partial charge on any atom is 0.261 e. The molecule has 2 aliphatic heterocycles. The van der Waals surface area contributed by atoms with Crippen LogP contribution in [0, 0.1) is 57.2 Å². The van der Waals surface area contributed by atoms with Crippen LogP contribution in [0.25, 0.3) is 22.5 Å². The lowest BCUT2D eigenvalue weighted by Crippen LogP contribution is -2.40. The first-order valence-electron chi connectivity index (χ1n) is 24.0. The normalized spacial score (nSPS) is 16.3. The molecule has 8 nitrogen and oxygen atoms in total. The minimum absolute atomic E-state index is 0.00388. The van der Waals surface area contributed by atoms with Gasteiger partial charge >= 0.3 is 0 Å². The van der Waals surface area contributed by atoms with Gasteiger partial charge in [0.25, 0.3) is 11.8 Å². The van der Waals surface area contributed by atoms with Crippen molar-refractivity contribution in [1.29, 1.82) is 21.0 Å². The maximum absolute atomic E-state index is 15.4. The van der Waals surface area contributed by atoms with Gasteiger partial charge in [-0.25, -0.2) is 0 Å². The van der Waals surface area contributed by atoms with Gasteiger partial charge in [0.15, 0.2) is 0 Å². The molecule has 2 aromatic heterocycles. The van der Waals surface area contributed by atoms with Gasteiger partial charge in [-0.3, -0.25) is 9.59 Å². The second-order valence-corrected chi connectivity index (χ2v) is 19.5. The molecule has 0 N–H and O–H groups in total. The van der Waals surface area contributed by atoms with E-state index in [2.05, 4.69) is 27.7 Å². The highest BCUT2D eigenvalue weighted by Crippen LogP contribution is 2.44. The molecule has 2 atom stereocenters. The van der Waals surface area contributed by atoms with E-state index in [1.807, 2.05) is 46.2 Å². The number of rotatable bonds is 28. The molecule has 62 heavy (non-hydrogen) atoms. The van der Waals surface area contributed by atoms with E-state index in [0.29, 0.717) is 53.8 Å². The molecule has 4 rings (SSSR count). The second kappa shape index (κ2) is 27.6. The number of amides is 2. The number of unbranched alkanes of at least 4 members (excludes halogenated alkanes) is 16. The molecule has 0 aliphatic carbocycles. The van der Waals surface area contributed by atoms with E-state index < -0.39 is 0 Å². The minimum Gasteiger partial charge on any atom is -0.306 e. The average molecular weight is 875 g/mol. The summed E-state index contributed by atoms with van der Waals surface area (Å²) in [4.78, 5) is 34.5. The van der Waals surface area contributed by atoms with Gasteiger partial charge in [-0.1, -0.05) is 156 Å². The highest BCUT2D eigenvalue weighted by atomic mass is 32.1. The average Bonchev–Trinajstić information content (AvgIpc) is 4.07. The third-order valence-corrected chi connectivity index (χ3v) is 14.8. The molecule has 0 bridgehead atoms. The van der Waals surface area contributed by atoms with Crippen LogP contribution in [-0.2, 0) is 9.59 Å². The van der Waals surface area contributed by atoms with E-state index in [-0.39, 0.29) is 34.8 Å². The Labute approximate surface area is 380 Å². The van der Waals surface area contributed by atoms with E-state index >= 15 is 9.59 Å². The number of hydrogen-bond acceptors (Lipinski definition) is 8. The van der Waals surface area contributed by atoms with Crippen molar-refractivity contribution in [1.82, 2.24) is 9.80 Å². The predicted molar refractivity (Wildman–Crippen MR) is 254 cm³/mol. The van der Waals surface area contributed by atoms with E-state index in [9.17, 15) is 21.0 Å². The first-order chi connectivity index (χ1) is 30.3. The van der Waals surface area contributed by atoms with Gasteiger partial charge in [-0.05, 0) is 61.8 Å². The van der Waals surface area contributed by atoms with Crippen molar-refractivity contribution in [3.8, 4) is 24.3 Å². The van der Waals surface area contributed by atoms with Crippen LogP contribution in [0.5, 0.6) is 0 Å². The predicted octanol–water partition coefficient (Wildman–Crippen LogP) is 10.8. The summed E-state index contributed by atoms with van der Waals surface area (Å²) in [6.45, 7) is 9.87. The van der Waals surface area contributed by atoms with Gasteiger partial charge < -0.3 is 9.80 Å². The molecule has 2 unspecified atom stereocenters. The Morgan fingerprint density at radius 1 is 0.468 bits per heavy atom. The Bertz CT molecular complexity index is 2060. The fourth-order valence-electron chi connectivity index (χ4n) is 9.04. The quantitative estimate of drug-likeness (QED) is 0.0781. The summed E-state index contributed by atoms with van der Waals surface area (Å²) in [5, 5.41) is 39.2. The van der Waals surface area contributed by atoms with Crippen LogP contribution in [0.4, 0.5) is 0 Å². The molecule has 0 fully saturated rings. The van der Waals surface area contributed by atoms with E-state index in [1.165, 1.54) is 86.9 Å². The van der Waals surface area contributed by atoms with Crippen molar-refractivity contribution in [3.63, 3.8) is 0 Å². The third kappa shape index (κ3) is 13.8. The number of nitriles is 4. The number of nitrogens with zero attached hydrogens (tertiary/aromatic N) is 6. The Morgan fingerprint density at radius 3 is 1.06 bits per heavy atom. The van der Waals surface area contributed by atoms with Crippen LogP contribution in [0.15, 0.2) is 35.4 Å². The SMILES string of the molecule is CCCCCCCCC(CCCCCC)CN1C(=O)C2=C(C(=O)N(CC(CCCCCC)CCCCCCCC)/C2=c2\ccc(=C(C#N)C#N)s2)/C1=c1/ccc(=C(C#N)C#N)s1. The largest absolute Gasteiger partial charge is 0.306 e. The summed E-state index contributed by atoms with van der Waals surface area (Å²) in [5.41, 5.74) is 1.95. The van der Waals surface area contributed by atoms with Crippen molar-refractivity contribution in [2.75, 3.05) is 13.1 Å². The molecule has 0 saturated heterocycles. The lowest BCUT2D eigenvalue weighted by molar-refractivity contribution is -0.124. The van der Waals surface area contributed by atoms with E-state index in [1.54, 1.807) is 12.1 Å².